The molecule has 0 unspecified atom stereocenters. The molecule has 0 atom stereocenters. The van der Waals surface area contributed by atoms with Crippen molar-refractivity contribution < 1.29 is 14.0 Å². The van der Waals surface area contributed by atoms with Gasteiger partial charge in [0.1, 0.15) is 5.76 Å². The predicted octanol–water partition coefficient (Wildman–Crippen LogP) is -0.891. The van der Waals surface area contributed by atoms with E-state index in [9.17, 15) is 9.59 Å². The molecular formula is C10H16N4O3. The highest BCUT2D eigenvalue weighted by molar-refractivity contribution is 5.92. The van der Waals surface area contributed by atoms with Gasteiger partial charge >= 0.3 is 5.91 Å². The number of aryl methyl sites for hydroxylation is 1. The number of hydrazine groups is 1. The lowest BCUT2D eigenvalue weighted by Gasteiger charge is -2.11. The van der Waals surface area contributed by atoms with Crippen LogP contribution in [0.4, 0.5) is 0 Å². The molecule has 17 heavy (non-hydrogen) atoms. The molecule has 0 spiro atoms. The molecule has 0 radical (unpaired) electrons. The van der Waals surface area contributed by atoms with Crippen LogP contribution in [0.15, 0.2) is 10.5 Å². The van der Waals surface area contributed by atoms with Gasteiger partial charge in [0.25, 0.3) is 0 Å². The Labute approximate surface area is 98.7 Å². The highest BCUT2D eigenvalue weighted by Crippen LogP contribution is 2.15. The van der Waals surface area contributed by atoms with Crippen LogP contribution in [0.25, 0.3) is 0 Å². The molecule has 0 aliphatic carbocycles. The maximum absolute atomic E-state index is 11.3. The van der Waals surface area contributed by atoms with Gasteiger partial charge in [-0.15, -0.1) is 0 Å². The molecule has 1 rings (SSSR count). The van der Waals surface area contributed by atoms with Gasteiger partial charge in [-0.05, 0) is 20.0 Å². The van der Waals surface area contributed by atoms with E-state index in [-0.39, 0.29) is 12.3 Å². The first-order valence-electron chi connectivity index (χ1n) is 5.01. The van der Waals surface area contributed by atoms with Crippen LogP contribution in [0.3, 0.4) is 0 Å². The summed E-state index contributed by atoms with van der Waals surface area (Å²) >= 11 is 0. The number of hydrogen-bond acceptors (Lipinski definition) is 5. The summed E-state index contributed by atoms with van der Waals surface area (Å²) < 4.78 is 5.33. The number of primary amides is 1. The van der Waals surface area contributed by atoms with Crippen LogP contribution in [0.2, 0.25) is 0 Å². The lowest BCUT2D eigenvalue weighted by atomic mass is 10.2. The van der Waals surface area contributed by atoms with Gasteiger partial charge in [0.15, 0.2) is 5.76 Å². The minimum Gasteiger partial charge on any atom is -0.454 e. The molecule has 5 N–H and O–H groups in total. The van der Waals surface area contributed by atoms with Crippen LogP contribution in [0.5, 0.6) is 0 Å². The van der Waals surface area contributed by atoms with Crippen molar-refractivity contribution in [1.29, 1.82) is 0 Å². The smallest absolute Gasteiger partial charge is 0.301 e. The fourth-order valence-corrected chi connectivity index (χ4v) is 1.50. The van der Waals surface area contributed by atoms with Gasteiger partial charge in [0.2, 0.25) is 5.91 Å². The third kappa shape index (κ3) is 3.58. The Kier molecular flexibility index (Phi) is 4.24. The number of furan rings is 1. The summed E-state index contributed by atoms with van der Waals surface area (Å²) in [6.45, 7) is 2.26. The van der Waals surface area contributed by atoms with E-state index in [0.29, 0.717) is 17.9 Å². The largest absolute Gasteiger partial charge is 0.454 e. The highest BCUT2D eigenvalue weighted by atomic mass is 16.4. The zero-order valence-corrected chi connectivity index (χ0v) is 9.82. The van der Waals surface area contributed by atoms with Crippen molar-refractivity contribution in [3.63, 3.8) is 0 Å². The van der Waals surface area contributed by atoms with Gasteiger partial charge < -0.3 is 10.2 Å². The van der Waals surface area contributed by atoms with E-state index >= 15 is 0 Å². The van der Waals surface area contributed by atoms with E-state index in [1.165, 1.54) is 0 Å². The topological polar surface area (TPSA) is 115 Å². The summed E-state index contributed by atoms with van der Waals surface area (Å²) in [6.07, 6.45) is 0. The van der Waals surface area contributed by atoms with E-state index in [0.717, 1.165) is 0 Å². The number of hydrogen-bond donors (Lipinski definition) is 3. The monoisotopic (exact) mass is 240 g/mol. The Balaban J connectivity index is 2.73. The van der Waals surface area contributed by atoms with Crippen LogP contribution in [-0.2, 0) is 11.3 Å². The van der Waals surface area contributed by atoms with Gasteiger partial charge in [-0.2, -0.15) is 0 Å². The van der Waals surface area contributed by atoms with E-state index in [4.69, 9.17) is 16.0 Å². The van der Waals surface area contributed by atoms with Gasteiger partial charge in [-0.1, -0.05) is 0 Å². The lowest BCUT2D eigenvalue weighted by Crippen LogP contribution is -2.30. The average Bonchev–Trinajstić information content (AvgIpc) is 2.56. The molecule has 2 amide bonds. The molecule has 94 valence electrons. The molecule has 0 bridgehead atoms. The van der Waals surface area contributed by atoms with Crippen molar-refractivity contribution in [3.05, 3.63) is 23.2 Å². The maximum atomic E-state index is 11.3. The molecule has 0 saturated carbocycles. The van der Waals surface area contributed by atoms with Crippen molar-refractivity contribution >= 4 is 11.8 Å². The fraction of sp³-hybridized carbons (Fsp3) is 0.400. The summed E-state index contributed by atoms with van der Waals surface area (Å²) in [4.78, 5) is 23.7. The second-order valence-corrected chi connectivity index (χ2v) is 3.84. The van der Waals surface area contributed by atoms with Crippen molar-refractivity contribution in [2.75, 3.05) is 13.6 Å². The van der Waals surface area contributed by atoms with Crippen molar-refractivity contribution in [1.82, 2.24) is 10.3 Å². The summed E-state index contributed by atoms with van der Waals surface area (Å²) in [6, 6.07) is 1.72. The molecule has 0 fully saturated rings. The lowest BCUT2D eigenvalue weighted by molar-refractivity contribution is -0.119. The number of carbonyl (C=O) groups is 2. The molecule has 0 aliphatic rings. The maximum Gasteiger partial charge on any atom is 0.301 e. The predicted molar refractivity (Wildman–Crippen MR) is 60.6 cm³/mol. The number of nitrogens with zero attached hydrogens (tertiary/aromatic N) is 1. The van der Waals surface area contributed by atoms with Crippen LogP contribution >= 0.6 is 0 Å². The van der Waals surface area contributed by atoms with E-state index in [2.05, 4.69) is 0 Å². The Morgan fingerprint density at radius 1 is 1.53 bits per heavy atom. The van der Waals surface area contributed by atoms with Crippen molar-refractivity contribution in [3.8, 4) is 0 Å². The third-order valence-corrected chi connectivity index (χ3v) is 2.16. The quantitative estimate of drug-likeness (QED) is 0.351. The van der Waals surface area contributed by atoms with E-state index < -0.39 is 11.8 Å². The van der Waals surface area contributed by atoms with Gasteiger partial charge in [0.05, 0.1) is 13.1 Å². The van der Waals surface area contributed by atoms with Gasteiger partial charge in [-0.25, -0.2) is 5.84 Å². The molecule has 0 aliphatic heterocycles. The number of likely N-dealkylation sites (N-methyl/N-ethyl adjacent to an activating group) is 1. The molecule has 1 heterocycles. The van der Waals surface area contributed by atoms with Crippen LogP contribution in [0, 0.1) is 6.92 Å². The fourth-order valence-electron chi connectivity index (χ4n) is 1.50. The molecule has 7 nitrogen and oxygen atoms in total. The number of nitrogens with two attached hydrogens (primary N) is 2. The van der Waals surface area contributed by atoms with Gasteiger partial charge in [0, 0.05) is 5.56 Å². The van der Waals surface area contributed by atoms with Crippen molar-refractivity contribution in [2.45, 2.75) is 13.5 Å². The normalized spacial score (nSPS) is 10.6. The minimum absolute atomic E-state index is 0.123. The summed E-state index contributed by atoms with van der Waals surface area (Å²) in [7, 11) is 1.73. The molecule has 1 aromatic rings. The first-order valence-corrected chi connectivity index (χ1v) is 5.01. The van der Waals surface area contributed by atoms with Crippen molar-refractivity contribution in [2.24, 2.45) is 11.6 Å². The Morgan fingerprint density at radius 3 is 2.71 bits per heavy atom. The zero-order valence-electron chi connectivity index (χ0n) is 9.82. The van der Waals surface area contributed by atoms with Crippen LogP contribution in [-0.4, -0.2) is 30.3 Å². The number of nitrogens with one attached hydrogen (secondary N) is 1. The summed E-state index contributed by atoms with van der Waals surface area (Å²) in [5.41, 5.74) is 7.75. The number of rotatable bonds is 5. The molecule has 0 saturated heterocycles. The average molecular weight is 240 g/mol. The highest BCUT2D eigenvalue weighted by Gasteiger charge is 2.15. The first-order chi connectivity index (χ1) is 7.93. The standard InChI is InChI=1S/C10H16N4O3/c1-6-3-7(4-14(2)5-8(11)15)17-9(6)10(16)13-12/h3H,4-5,12H2,1-2H3,(H2,11,15)(H,13,16). The molecule has 1 aromatic heterocycles. The number of amides is 2. The van der Waals surface area contributed by atoms with E-state index in [1.807, 2.05) is 5.43 Å². The first kappa shape index (κ1) is 13.2. The molecular weight excluding hydrogens is 224 g/mol. The Bertz CT molecular complexity index is 427. The van der Waals surface area contributed by atoms with Crippen LogP contribution in [0.1, 0.15) is 21.9 Å². The molecule has 7 heteroatoms. The minimum atomic E-state index is -0.480. The van der Waals surface area contributed by atoms with Gasteiger partial charge in [-0.3, -0.25) is 19.9 Å². The summed E-state index contributed by atoms with van der Waals surface area (Å²) in [5, 5.41) is 0. The Hall–Kier alpha value is -1.86. The molecule has 0 aromatic carbocycles. The number of carbonyl (C=O) groups excluding carboxylic acids is 2. The SMILES string of the molecule is Cc1cc(CN(C)CC(N)=O)oc1C(=O)NN. The van der Waals surface area contributed by atoms with E-state index in [1.54, 1.807) is 24.9 Å². The second-order valence-electron chi connectivity index (χ2n) is 3.84. The zero-order chi connectivity index (χ0) is 13.0. The number of nitrogen functional groups attached to an aromatic ring is 1. The second kappa shape index (κ2) is 5.46. The summed E-state index contributed by atoms with van der Waals surface area (Å²) in [5.74, 6) is 4.87. The van der Waals surface area contributed by atoms with Crippen LogP contribution < -0.4 is 17.0 Å². The Morgan fingerprint density at radius 2 is 2.18 bits per heavy atom. The third-order valence-electron chi connectivity index (χ3n) is 2.16.